The summed E-state index contributed by atoms with van der Waals surface area (Å²) in [7, 11) is 0. The van der Waals surface area contributed by atoms with Gasteiger partial charge in [-0.15, -0.1) is 11.3 Å². The molecule has 0 saturated carbocycles. The van der Waals surface area contributed by atoms with Crippen LogP contribution >= 0.6 is 11.3 Å². The number of carbonyl (C=O) groups excluding carboxylic acids is 2. The van der Waals surface area contributed by atoms with E-state index in [0.29, 0.717) is 29.5 Å². The molecule has 0 aliphatic carbocycles. The van der Waals surface area contributed by atoms with E-state index in [4.69, 9.17) is 0 Å². The van der Waals surface area contributed by atoms with Crippen molar-refractivity contribution >= 4 is 28.3 Å². The van der Waals surface area contributed by atoms with Gasteiger partial charge in [0.15, 0.2) is 5.13 Å². The average molecular weight is 396 g/mol. The molecule has 0 radical (unpaired) electrons. The number of likely N-dealkylation sites (tertiary alicyclic amines) is 1. The summed E-state index contributed by atoms with van der Waals surface area (Å²) in [5, 5.41) is 4.85. The van der Waals surface area contributed by atoms with E-state index in [1.54, 1.807) is 40.9 Å². The summed E-state index contributed by atoms with van der Waals surface area (Å²) in [5.74, 6) is -1.10. The molecule has 3 aromatic rings. The van der Waals surface area contributed by atoms with Crippen LogP contribution in [-0.2, 0) is 16.1 Å². The highest BCUT2D eigenvalue weighted by atomic mass is 32.1. The van der Waals surface area contributed by atoms with Gasteiger partial charge in [0.05, 0.1) is 11.6 Å². The Morgan fingerprint density at radius 3 is 2.82 bits per heavy atom. The molecule has 8 heteroatoms. The Morgan fingerprint density at radius 1 is 1.25 bits per heavy atom. The van der Waals surface area contributed by atoms with Gasteiger partial charge in [-0.3, -0.25) is 14.6 Å². The van der Waals surface area contributed by atoms with Crippen LogP contribution in [-0.4, -0.2) is 33.2 Å². The molecule has 2 aromatic heterocycles. The van der Waals surface area contributed by atoms with E-state index < -0.39 is 5.92 Å². The van der Waals surface area contributed by atoms with Crippen molar-refractivity contribution in [3.63, 3.8) is 0 Å². The van der Waals surface area contributed by atoms with Gasteiger partial charge in [-0.05, 0) is 29.8 Å². The van der Waals surface area contributed by atoms with Crippen LogP contribution in [0.1, 0.15) is 12.0 Å². The first-order chi connectivity index (χ1) is 13.6. The lowest BCUT2D eigenvalue weighted by Gasteiger charge is -2.16. The van der Waals surface area contributed by atoms with E-state index in [0.717, 1.165) is 5.56 Å². The van der Waals surface area contributed by atoms with E-state index in [9.17, 15) is 14.0 Å². The lowest BCUT2D eigenvalue weighted by molar-refractivity contribution is -0.128. The van der Waals surface area contributed by atoms with Crippen LogP contribution in [0.4, 0.5) is 9.52 Å². The standard InChI is InChI=1S/C20H17FN4O2S/c21-16-4-2-1-3-15(16)17-12-28-20(23-17)24-19(27)14-9-18(26)25(11-14)10-13-5-7-22-8-6-13/h1-8,12,14H,9-11H2,(H,23,24,27)/t14-/m1/s1. The second-order valence-corrected chi connectivity index (χ2v) is 7.40. The van der Waals surface area contributed by atoms with Crippen molar-refractivity contribution in [3.8, 4) is 11.3 Å². The minimum atomic E-state index is -0.435. The number of pyridine rings is 1. The zero-order valence-electron chi connectivity index (χ0n) is 14.8. The molecule has 1 N–H and O–H groups in total. The molecule has 0 bridgehead atoms. The monoisotopic (exact) mass is 396 g/mol. The predicted molar refractivity (Wildman–Crippen MR) is 104 cm³/mol. The lowest BCUT2D eigenvalue weighted by atomic mass is 10.1. The first-order valence-corrected chi connectivity index (χ1v) is 9.66. The number of amides is 2. The van der Waals surface area contributed by atoms with Gasteiger partial charge in [0, 0.05) is 42.8 Å². The third-order valence-electron chi connectivity index (χ3n) is 4.59. The van der Waals surface area contributed by atoms with E-state index in [1.165, 1.54) is 17.4 Å². The van der Waals surface area contributed by atoms with Crippen molar-refractivity contribution < 1.29 is 14.0 Å². The van der Waals surface area contributed by atoms with Crippen LogP contribution < -0.4 is 5.32 Å². The van der Waals surface area contributed by atoms with Gasteiger partial charge in [0.2, 0.25) is 11.8 Å². The first-order valence-electron chi connectivity index (χ1n) is 8.78. The van der Waals surface area contributed by atoms with Crippen molar-refractivity contribution in [2.45, 2.75) is 13.0 Å². The second kappa shape index (κ2) is 7.85. The van der Waals surface area contributed by atoms with E-state index >= 15 is 0 Å². The molecule has 0 spiro atoms. The topological polar surface area (TPSA) is 75.2 Å². The molecular weight excluding hydrogens is 379 g/mol. The van der Waals surface area contributed by atoms with E-state index in [1.807, 2.05) is 12.1 Å². The normalized spacial score (nSPS) is 16.4. The largest absolute Gasteiger partial charge is 0.338 e. The maximum Gasteiger partial charge on any atom is 0.231 e. The Hall–Kier alpha value is -3.13. The van der Waals surface area contributed by atoms with Gasteiger partial charge < -0.3 is 10.2 Å². The summed E-state index contributed by atoms with van der Waals surface area (Å²) < 4.78 is 13.9. The van der Waals surface area contributed by atoms with Gasteiger partial charge in [0.25, 0.3) is 0 Å². The maximum atomic E-state index is 13.9. The molecule has 1 aliphatic heterocycles. The van der Waals surface area contributed by atoms with Crippen molar-refractivity contribution in [1.82, 2.24) is 14.9 Å². The van der Waals surface area contributed by atoms with Gasteiger partial charge in [-0.2, -0.15) is 0 Å². The quantitative estimate of drug-likeness (QED) is 0.718. The summed E-state index contributed by atoms with van der Waals surface area (Å²) in [6.45, 7) is 0.818. The van der Waals surface area contributed by atoms with Crippen LogP contribution in [0.2, 0.25) is 0 Å². The highest BCUT2D eigenvalue weighted by Crippen LogP contribution is 2.28. The highest BCUT2D eigenvalue weighted by molar-refractivity contribution is 7.14. The van der Waals surface area contributed by atoms with Crippen LogP contribution in [0.25, 0.3) is 11.3 Å². The number of benzene rings is 1. The zero-order valence-corrected chi connectivity index (χ0v) is 15.7. The molecule has 1 aliphatic rings. The summed E-state index contributed by atoms with van der Waals surface area (Å²) in [4.78, 5) is 34.7. The maximum absolute atomic E-state index is 13.9. The fourth-order valence-electron chi connectivity index (χ4n) is 3.14. The second-order valence-electron chi connectivity index (χ2n) is 6.54. The van der Waals surface area contributed by atoms with E-state index in [2.05, 4.69) is 15.3 Å². The number of aromatic nitrogens is 2. The molecule has 142 valence electrons. The molecule has 3 heterocycles. The fourth-order valence-corrected chi connectivity index (χ4v) is 3.85. The Kier molecular flexibility index (Phi) is 5.12. The predicted octanol–water partition coefficient (Wildman–Crippen LogP) is 3.33. The number of anilines is 1. The van der Waals surface area contributed by atoms with Crippen LogP contribution in [0, 0.1) is 11.7 Å². The smallest absolute Gasteiger partial charge is 0.231 e. The summed E-state index contributed by atoms with van der Waals surface area (Å²) in [5.41, 5.74) is 1.83. The minimum absolute atomic E-state index is 0.0526. The van der Waals surface area contributed by atoms with Crippen LogP contribution in [0.15, 0.2) is 54.2 Å². The van der Waals surface area contributed by atoms with Crippen LogP contribution in [0.5, 0.6) is 0 Å². The number of carbonyl (C=O) groups is 2. The SMILES string of the molecule is O=C(Nc1nc(-c2ccccc2F)cs1)[C@@H]1CC(=O)N(Cc2ccncc2)C1. The number of nitrogens with zero attached hydrogens (tertiary/aromatic N) is 3. The Labute approximate surface area is 165 Å². The van der Waals surface area contributed by atoms with Crippen molar-refractivity contribution in [1.29, 1.82) is 0 Å². The molecule has 1 aromatic carbocycles. The molecule has 1 saturated heterocycles. The molecule has 0 unspecified atom stereocenters. The Bertz CT molecular complexity index is 1010. The molecule has 4 rings (SSSR count). The number of rotatable bonds is 5. The zero-order chi connectivity index (χ0) is 19.5. The summed E-state index contributed by atoms with van der Waals surface area (Å²) >= 11 is 1.23. The van der Waals surface area contributed by atoms with Crippen molar-refractivity contribution in [3.05, 3.63) is 65.6 Å². The number of nitrogens with one attached hydrogen (secondary N) is 1. The minimum Gasteiger partial charge on any atom is -0.338 e. The number of hydrogen-bond donors (Lipinski definition) is 1. The van der Waals surface area contributed by atoms with Crippen molar-refractivity contribution in [2.75, 3.05) is 11.9 Å². The van der Waals surface area contributed by atoms with Gasteiger partial charge in [-0.1, -0.05) is 12.1 Å². The third kappa shape index (κ3) is 3.91. The average Bonchev–Trinajstić information content (AvgIpc) is 3.30. The fraction of sp³-hybridized carbons (Fsp3) is 0.200. The molecule has 28 heavy (non-hydrogen) atoms. The highest BCUT2D eigenvalue weighted by Gasteiger charge is 2.34. The molecule has 1 fully saturated rings. The summed E-state index contributed by atoms with van der Waals surface area (Å²) in [6.07, 6.45) is 3.52. The van der Waals surface area contributed by atoms with Gasteiger partial charge in [0.1, 0.15) is 5.82 Å². The van der Waals surface area contributed by atoms with Crippen molar-refractivity contribution in [2.24, 2.45) is 5.92 Å². The van der Waals surface area contributed by atoms with E-state index in [-0.39, 0.29) is 24.1 Å². The number of halogens is 1. The Balaban J connectivity index is 1.39. The van der Waals surface area contributed by atoms with Crippen LogP contribution in [0.3, 0.4) is 0 Å². The first kappa shape index (κ1) is 18.2. The third-order valence-corrected chi connectivity index (χ3v) is 5.35. The molecule has 6 nitrogen and oxygen atoms in total. The molecule has 1 atom stereocenters. The van der Waals surface area contributed by atoms with Gasteiger partial charge in [-0.25, -0.2) is 9.37 Å². The Morgan fingerprint density at radius 2 is 2.04 bits per heavy atom. The number of thiazole rings is 1. The molecule has 2 amide bonds. The number of hydrogen-bond acceptors (Lipinski definition) is 5. The van der Waals surface area contributed by atoms with Gasteiger partial charge >= 0.3 is 0 Å². The molecular formula is C20H17FN4O2S. The lowest BCUT2D eigenvalue weighted by Crippen LogP contribution is -2.28. The summed E-state index contributed by atoms with van der Waals surface area (Å²) in [6, 6.07) is 10.1.